The first kappa shape index (κ1) is 24.2. The number of hydrogen-bond acceptors (Lipinski definition) is 5. The van der Waals surface area contributed by atoms with Crippen LogP contribution >= 0.6 is 24.0 Å². The Morgan fingerprint density at radius 2 is 1.91 bits per heavy atom. The molecular formula is C25H35IN6O. The van der Waals surface area contributed by atoms with E-state index in [0.29, 0.717) is 6.04 Å². The number of rotatable bonds is 5. The molecule has 0 amide bonds. The molecule has 8 heteroatoms. The maximum Gasteiger partial charge on any atom is 0.194 e. The zero-order chi connectivity index (χ0) is 21.8. The number of aliphatic imine (C=N–C) groups is 1. The number of pyridine rings is 1. The van der Waals surface area contributed by atoms with Gasteiger partial charge in [-0.25, -0.2) is 4.98 Å². The Kier molecular flexibility index (Phi) is 8.43. The van der Waals surface area contributed by atoms with E-state index in [1.54, 1.807) is 0 Å². The van der Waals surface area contributed by atoms with E-state index >= 15 is 0 Å². The van der Waals surface area contributed by atoms with Crippen LogP contribution in [0.25, 0.3) is 0 Å². The number of guanidine groups is 1. The summed E-state index contributed by atoms with van der Waals surface area (Å²) in [6.45, 7) is 7.54. The zero-order valence-electron chi connectivity index (χ0n) is 19.4. The minimum atomic E-state index is 0. The molecule has 0 aliphatic carbocycles. The molecule has 1 aromatic carbocycles. The Hall–Kier alpha value is -1.91. The predicted octanol–water partition coefficient (Wildman–Crippen LogP) is 2.96. The molecule has 1 aromatic heterocycles. The van der Waals surface area contributed by atoms with Crippen LogP contribution in [0.1, 0.15) is 24.0 Å². The lowest BCUT2D eigenvalue weighted by atomic mass is 10.1. The summed E-state index contributed by atoms with van der Waals surface area (Å²) in [7, 11) is 1.87. The molecule has 0 saturated carbocycles. The molecule has 1 N–H and O–H groups in total. The zero-order valence-corrected chi connectivity index (χ0v) is 21.7. The van der Waals surface area contributed by atoms with Crippen molar-refractivity contribution in [1.82, 2.24) is 20.1 Å². The highest BCUT2D eigenvalue weighted by molar-refractivity contribution is 14.0. The van der Waals surface area contributed by atoms with Gasteiger partial charge in [-0.15, -0.1) is 24.0 Å². The minimum Gasteiger partial charge on any atom is -0.373 e. The van der Waals surface area contributed by atoms with E-state index in [-0.39, 0.29) is 30.1 Å². The number of ether oxygens (including phenoxy) is 1. The molecule has 7 nitrogen and oxygen atoms in total. The summed E-state index contributed by atoms with van der Waals surface area (Å²) in [6.07, 6.45) is 4.68. The number of nitrogens with zero attached hydrogens (tertiary/aromatic N) is 5. The van der Waals surface area contributed by atoms with Gasteiger partial charge in [0.15, 0.2) is 5.96 Å². The summed E-state index contributed by atoms with van der Waals surface area (Å²) in [5.74, 6) is 2.04. The predicted molar refractivity (Wildman–Crippen MR) is 143 cm³/mol. The van der Waals surface area contributed by atoms with E-state index in [0.717, 1.165) is 64.2 Å². The van der Waals surface area contributed by atoms with Crippen molar-refractivity contribution in [3.63, 3.8) is 0 Å². The van der Waals surface area contributed by atoms with Crippen LogP contribution in [-0.2, 0) is 17.8 Å². The summed E-state index contributed by atoms with van der Waals surface area (Å²) >= 11 is 0. The highest BCUT2D eigenvalue weighted by atomic mass is 127. The second kappa shape index (κ2) is 11.5. The van der Waals surface area contributed by atoms with Gasteiger partial charge in [-0.05, 0) is 36.1 Å². The Balaban J connectivity index is 0.00000259. The summed E-state index contributed by atoms with van der Waals surface area (Å²) in [5.41, 5.74) is 2.60. The number of nitrogens with one attached hydrogen (secondary N) is 1. The first-order valence-corrected chi connectivity index (χ1v) is 11.9. The SMILES string of the molecule is CN=C(NCc1ccnc(N2CCCC2)c1)N1CC2OCCN(Cc3ccccc3)C2C1.I. The summed E-state index contributed by atoms with van der Waals surface area (Å²) < 4.78 is 6.15. The van der Waals surface area contributed by atoms with E-state index < -0.39 is 0 Å². The van der Waals surface area contributed by atoms with Crippen LogP contribution < -0.4 is 10.2 Å². The largest absolute Gasteiger partial charge is 0.373 e. The van der Waals surface area contributed by atoms with Crippen LogP contribution in [0, 0.1) is 0 Å². The quantitative estimate of drug-likeness (QED) is 0.344. The topological polar surface area (TPSA) is 56.2 Å². The van der Waals surface area contributed by atoms with Crippen LogP contribution in [0.3, 0.4) is 0 Å². The second-order valence-electron chi connectivity index (χ2n) is 8.95. The van der Waals surface area contributed by atoms with Crippen LogP contribution in [0.4, 0.5) is 5.82 Å². The molecule has 4 heterocycles. The number of halogens is 1. The van der Waals surface area contributed by atoms with Gasteiger partial charge in [-0.3, -0.25) is 9.89 Å². The number of morpholine rings is 1. The molecular weight excluding hydrogens is 527 g/mol. The first-order chi connectivity index (χ1) is 15.8. The highest BCUT2D eigenvalue weighted by Crippen LogP contribution is 2.25. The van der Waals surface area contributed by atoms with Crippen molar-refractivity contribution in [3.8, 4) is 0 Å². The van der Waals surface area contributed by atoms with Gasteiger partial charge in [0.25, 0.3) is 0 Å². The molecule has 33 heavy (non-hydrogen) atoms. The fourth-order valence-corrected chi connectivity index (χ4v) is 5.15. The van der Waals surface area contributed by atoms with Crippen molar-refractivity contribution in [3.05, 3.63) is 59.8 Å². The molecule has 3 aliphatic rings. The molecule has 0 spiro atoms. The Labute approximate surface area is 214 Å². The van der Waals surface area contributed by atoms with E-state index in [9.17, 15) is 0 Å². The molecule has 2 atom stereocenters. The van der Waals surface area contributed by atoms with Crippen molar-refractivity contribution in [1.29, 1.82) is 0 Å². The summed E-state index contributed by atoms with van der Waals surface area (Å²) in [4.78, 5) is 16.5. The third kappa shape index (κ3) is 5.78. The van der Waals surface area contributed by atoms with Crippen molar-refractivity contribution in [2.45, 2.75) is 38.1 Å². The van der Waals surface area contributed by atoms with Gasteiger partial charge in [-0.1, -0.05) is 30.3 Å². The second-order valence-corrected chi connectivity index (χ2v) is 8.95. The van der Waals surface area contributed by atoms with Crippen molar-refractivity contribution < 1.29 is 4.74 Å². The van der Waals surface area contributed by atoms with E-state index in [1.807, 2.05) is 13.2 Å². The fourth-order valence-electron chi connectivity index (χ4n) is 5.15. The van der Waals surface area contributed by atoms with Gasteiger partial charge < -0.3 is 19.9 Å². The number of aromatic nitrogens is 1. The number of likely N-dealkylation sites (tertiary alicyclic amines) is 1. The number of anilines is 1. The van der Waals surface area contributed by atoms with Crippen LogP contribution in [0.15, 0.2) is 53.7 Å². The summed E-state index contributed by atoms with van der Waals surface area (Å²) in [5, 5.41) is 3.58. The first-order valence-electron chi connectivity index (χ1n) is 11.9. The van der Waals surface area contributed by atoms with E-state index in [2.05, 4.69) is 72.5 Å². The van der Waals surface area contributed by atoms with Gasteiger partial charge in [0, 0.05) is 59.1 Å². The highest BCUT2D eigenvalue weighted by Gasteiger charge is 2.41. The summed E-state index contributed by atoms with van der Waals surface area (Å²) in [6, 6.07) is 15.4. The number of benzene rings is 1. The third-order valence-corrected chi connectivity index (χ3v) is 6.85. The molecule has 2 aromatic rings. The van der Waals surface area contributed by atoms with Gasteiger partial charge in [0.05, 0.1) is 18.8 Å². The van der Waals surface area contributed by atoms with Crippen LogP contribution in [0.2, 0.25) is 0 Å². The van der Waals surface area contributed by atoms with Gasteiger partial charge in [0.1, 0.15) is 5.82 Å². The number of fused-ring (bicyclic) bond motifs is 1. The molecule has 2 unspecified atom stereocenters. The van der Waals surface area contributed by atoms with Gasteiger partial charge in [0.2, 0.25) is 0 Å². The molecule has 0 radical (unpaired) electrons. The maximum absolute atomic E-state index is 6.15. The molecule has 3 aliphatic heterocycles. The van der Waals surface area contributed by atoms with Crippen molar-refractivity contribution in [2.24, 2.45) is 4.99 Å². The third-order valence-electron chi connectivity index (χ3n) is 6.85. The number of hydrogen-bond donors (Lipinski definition) is 1. The normalized spacial score (nSPS) is 23.4. The lowest BCUT2D eigenvalue weighted by Gasteiger charge is -2.36. The molecule has 3 saturated heterocycles. The van der Waals surface area contributed by atoms with E-state index in [4.69, 9.17) is 4.74 Å². The Morgan fingerprint density at radius 1 is 1.09 bits per heavy atom. The average molecular weight is 563 g/mol. The molecule has 3 fully saturated rings. The lowest BCUT2D eigenvalue weighted by Crippen LogP contribution is -2.50. The Morgan fingerprint density at radius 3 is 2.70 bits per heavy atom. The minimum absolute atomic E-state index is 0. The van der Waals surface area contributed by atoms with Crippen molar-refractivity contribution in [2.75, 3.05) is 51.3 Å². The molecule has 0 bridgehead atoms. The van der Waals surface area contributed by atoms with E-state index in [1.165, 1.54) is 24.0 Å². The fraction of sp³-hybridized carbons (Fsp3) is 0.520. The van der Waals surface area contributed by atoms with Crippen LogP contribution in [0.5, 0.6) is 0 Å². The smallest absolute Gasteiger partial charge is 0.194 e. The molecule has 178 valence electrons. The van der Waals surface area contributed by atoms with Gasteiger partial charge >= 0.3 is 0 Å². The molecule has 5 rings (SSSR count). The Bertz CT molecular complexity index is 920. The maximum atomic E-state index is 6.15. The van der Waals surface area contributed by atoms with Crippen LogP contribution in [-0.4, -0.2) is 79.3 Å². The average Bonchev–Trinajstić information content (AvgIpc) is 3.51. The lowest BCUT2D eigenvalue weighted by molar-refractivity contribution is -0.0502. The standard InChI is InChI=1S/C25H34N6O.HI/c1-26-25(28-16-21-9-10-27-24(15-21)29-11-5-6-12-29)31-18-22-23(19-31)32-14-13-30(22)17-20-7-3-2-4-8-20;/h2-4,7-10,15,22-23H,5-6,11-14,16-19H2,1H3,(H,26,28);1H. The monoisotopic (exact) mass is 562 g/mol. The van der Waals surface area contributed by atoms with Crippen molar-refractivity contribution >= 4 is 35.8 Å². The van der Waals surface area contributed by atoms with Gasteiger partial charge in [-0.2, -0.15) is 0 Å².